The van der Waals surface area contributed by atoms with Crippen molar-refractivity contribution < 1.29 is 9.18 Å². The van der Waals surface area contributed by atoms with E-state index in [2.05, 4.69) is 21.2 Å². The van der Waals surface area contributed by atoms with Gasteiger partial charge in [-0.15, -0.1) is 0 Å². The van der Waals surface area contributed by atoms with Crippen LogP contribution in [0.25, 0.3) is 6.08 Å². The molecule has 22 heavy (non-hydrogen) atoms. The summed E-state index contributed by atoms with van der Waals surface area (Å²) in [6, 6.07) is 12.6. The molecule has 6 heteroatoms. The van der Waals surface area contributed by atoms with Gasteiger partial charge in [-0.25, -0.2) is 4.39 Å². The predicted molar refractivity (Wildman–Crippen MR) is 87.8 cm³/mol. The summed E-state index contributed by atoms with van der Waals surface area (Å²) in [7, 11) is 0. The highest BCUT2D eigenvalue weighted by Gasteiger charge is 2.11. The van der Waals surface area contributed by atoms with E-state index in [9.17, 15) is 9.18 Å². The summed E-state index contributed by atoms with van der Waals surface area (Å²) < 4.78 is 14.3. The molecule has 0 aliphatic heterocycles. The second-order valence-electron chi connectivity index (χ2n) is 4.30. The maximum Gasteiger partial charge on any atom is 0.266 e. The van der Waals surface area contributed by atoms with Crippen LogP contribution in [0.4, 0.5) is 10.1 Å². The number of carbonyl (C=O) groups excluding carboxylic acids is 1. The molecule has 0 radical (unpaired) electrons. The maximum absolute atomic E-state index is 13.7. The zero-order chi connectivity index (χ0) is 16.1. The normalized spacial score (nSPS) is 10.9. The molecule has 3 nitrogen and oxygen atoms in total. The van der Waals surface area contributed by atoms with E-state index < -0.39 is 11.7 Å². The number of hydrogen-bond donors (Lipinski definition) is 1. The van der Waals surface area contributed by atoms with Gasteiger partial charge in [0.05, 0.1) is 0 Å². The average molecular weight is 380 g/mol. The van der Waals surface area contributed by atoms with Gasteiger partial charge in [0.2, 0.25) is 0 Å². The van der Waals surface area contributed by atoms with Crippen LogP contribution in [0.5, 0.6) is 0 Å². The van der Waals surface area contributed by atoms with Gasteiger partial charge < -0.3 is 5.32 Å². The standard InChI is InChI=1S/C16H9BrClFN2O/c17-12-4-5-15(19)10(7-12)6-11(9-20)16(22)21-14-3-1-2-13(18)8-14/h1-8H,(H,21,22)/b11-6+. The Morgan fingerprint density at radius 2 is 2.09 bits per heavy atom. The molecule has 1 amide bonds. The average Bonchev–Trinajstić information content (AvgIpc) is 2.48. The third kappa shape index (κ3) is 4.17. The number of hydrogen-bond acceptors (Lipinski definition) is 2. The number of nitrogens with zero attached hydrogens (tertiary/aromatic N) is 1. The van der Waals surface area contributed by atoms with Crippen molar-refractivity contribution in [2.45, 2.75) is 0 Å². The van der Waals surface area contributed by atoms with Gasteiger partial charge in [0.25, 0.3) is 5.91 Å². The van der Waals surface area contributed by atoms with E-state index >= 15 is 0 Å². The molecule has 1 N–H and O–H groups in total. The summed E-state index contributed by atoms with van der Waals surface area (Å²) in [6.07, 6.45) is 1.19. The highest BCUT2D eigenvalue weighted by molar-refractivity contribution is 9.10. The SMILES string of the molecule is N#C/C(=C\c1cc(Br)ccc1F)C(=O)Nc1cccc(Cl)c1. The molecule has 0 aliphatic rings. The minimum Gasteiger partial charge on any atom is -0.321 e. The lowest BCUT2D eigenvalue weighted by molar-refractivity contribution is -0.112. The Morgan fingerprint density at radius 1 is 1.32 bits per heavy atom. The summed E-state index contributed by atoms with van der Waals surface area (Å²) >= 11 is 9.04. The zero-order valence-electron chi connectivity index (χ0n) is 11.1. The second-order valence-corrected chi connectivity index (χ2v) is 5.65. The van der Waals surface area contributed by atoms with Crippen molar-refractivity contribution in [2.75, 3.05) is 5.32 Å². The van der Waals surface area contributed by atoms with Crippen molar-refractivity contribution in [3.63, 3.8) is 0 Å². The van der Waals surface area contributed by atoms with E-state index in [1.165, 1.54) is 24.3 Å². The molecule has 2 aromatic carbocycles. The van der Waals surface area contributed by atoms with Crippen LogP contribution in [0.1, 0.15) is 5.56 Å². The lowest BCUT2D eigenvalue weighted by atomic mass is 10.1. The molecule has 0 atom stereocenters. The van der Waals surface area contributed by atoms with E-state index in [0.717, 1.165) is 0 Å². The fraction of sp³-hybridized carbons (Fsp3) is 0. The zero-order valence-corrected chi connectivity index (χ0v) is 13.5. The maximum atomic E-state index is 13.7. The number of nitriles is 1. The van der Waals surface area contributed by atoms with Crippen LogP contribution < -0.4 is 5.32 Å². The minimum absolute atomic E-state index is 0.146. The fourth-order valence-corrected chi connectivity index (χ4v) is 2.26. The van der Waals surface area contributed by atoms with Crippen LogP contribution in [0, 0.1) is 17.1 Å². The first-order valence-electron chi connectivity index (χ1n) is 6.13. The first-order chi connectivity index (χ1) is 10.5. The summed E-state index contributed by atoms with van der Waals surface area (Å²) in [6.45, 7) is 0. The summed E-state index contributed by atoms with van der Waals surface area (Å²) in [5.41, 5.74) is 0.387. The van der Waals surface area contributed by atoms with Crippen molar-refractivity contribution in [3.8, 4) is 6.07 Å². The second kappa shape index (κ2) is 7.21. The molecule has 2 rings (SSSR count). The first kappa shape index (κ1) is 16.2. The molecule has 0 heterocycles. The Balaban J connectivity index is 2.28. The van der Waals surface area contributed by atoms with Crippen LogP contribution in [-0.2, 0) is 4.79 Å². The van der Waals surface area contributed by atoms with Gasteiger partial charge in [-0.2, -0.15) is 5.26 Å². The van der Waals surface area contributed by atoms with Crippen LogP contribution in [-0.4, -0.2) is 5.91 Å². The molecular formula is C16H9BrClFN2O. The van der Waals surface area contributed by atoms with Crippen LogP contribution in [0.3, 0.4) is 0 Å². The minimum atomic E-state index is -0.635. The first-order valence-corrected chi connectivity index (χ1v) is 7.30. The predicted octanol–water partition coefficient (Wildman–Crippen LogP) is 4.79. The van der Waals surface area contributed by atoms with Crippen molar-refractivity contribution in [1.29, 1.82) is 5.26 Å². The van der Waals surface area contributed by atoms with Gasteiger partial charge in [0, 0.05) is 20.7 Å². The number of nitrogens with one attached hydrogen (secondary N) is 1. The molecule has 0 aromatic heterocycles. The van der Waals surface area contributed by atoms with Crippen LogP contribution >= 0.6 is 27.5 Å². The van der Waals surface area contributed by atoms with Gasteiger partial charge >= 0.3 is 0 Å². The number of rotatable bonds is 3. The molecule has 110 valence electrons. The van der Waals surface area contributed by atoms with Gasteiger partial charge in [-0.05, 0) is 42.5 Å². The van der Waals surface area contributed by atoms with Crippen molar-refractivity contribution >= 4 is 45.2 Å². The summed E-state index contributed by atoms with van der Waals surface area (Å²) in [5, 5.41) is 12.1. The smallest absolute Gasteiger partial charge is 0.266 e. The van der Waals surface area contributed by atoms with Crippen molar-refractivity contribution in [2.24, 2.45) is 0 Å². The molecule has 0 aliphatic carbocycles. The van der Waals surface area contributed by atoms with Crippen molar-refractivity contribution in [1.82, 2.24) is 0 Å². The quantitative estimate of drug-likeness (QED) is 0.616. The third-order valence-electron chi connectivity index (χ3n) is 2.71. The van der Waals surface area contributed by atoms with Gasteiger partial charge in [0.15, 0.2) is 0 Å². The molecule has 2 aromatic rings. The molecule has 0 saturated carbocycles. The number of halogens is 3. The summed E-state index contributed by atoms with van der Waals surface area (Å²) in [5.74, 6) is -1.16. The largest absolute Gasteiger partial charge is 0.321 e. The van der Waals surface area contributed by atoms with Gasteiger partial charge in [0.1, 0.15) is 17.5 Å². The van der Waals surface area contributed by atoms with Crippen LogP contribution in [0.15, 0.2) is 52.5 Å². The number of amides is 1. The number of carbonyl (C=O) groups is 1. The van der Waals surface area contributed by atoms with Crippen molar-refractivity contribution in [3.05, 3.63) is 68.9 Å². The monoisotopic (exact) mass is 378 g/mol. The van der Waals surface area contributed by atoms with E-state index in [4.69, 9.17) is 16.9 Å². The molecule has 0 fully saturated rings. The lowest BCUT2D eigenvalue weighted by Gasteiger charge is -2.05. The fourth-order valence-electron chi connectivity index (χ4n) is 1.69. The number of anilines is 1. The van der Waals surface area contributed by atoms with E-state index in [-0.39, 0.29) is 11.1 Å². The van der Waals surface area contributed by atoms with E-state index in [1.807, 2.05) is 0 Å². The Kier molecular flexibility index (Phi) is 5.31. The Bertz CT molecular complexity index is 799. The van der Waals surface area contributed by atoms with Gasteiger partial charge in [-0.1, -0.05) is 33.6 Å². The third-order valence-corrected chi connectivity index (χ3v) is 3.43. The van der Waals surface area contributed by atoms with E-state index in [0.29, 0.717) is 15.2 Å². The molecule has 0 unspecified atom stereocenters. The highest BCUT2D eigenvalue weighted by atomic mass is 79.9. The molecular weight excluding hydrogens is 371 g/mol. The number of benzene rings is 2. The molecule has 0 saturated heterocycles. The highest BCUT2D eigenvalue weighted by Crippen LogP contribution is 2.19. The molecule has 0 bridgehead atoms. The van der Waals surface area contributed by atoms with E-state index in [1.54, 1.807) is 30.3 Å². The Hall–Kier alpha value is -2.16. The van der Waals surface area contributed by atoms with Gasteiger partial charge in [-0.3, -0.25) is 4.79 Å². The Morgan fingerprint density at radius 3 is 2.77 bits per heavy atom. The Labute approximate surface area is 140 Å². The lowest BCUT2D eigenvalue weighted by Crippen LogP contribution is -2.13. The molecule has 0 spiro atoms. The van der Waals surface area contributed by atoms with Crippen LogP contribution in [0.2, 0.25) is 5.02 Å². The summed E-state index contributed by atoms with van der Waals surface area (Å²) in [4.78, 5) is 12.1. The topological polar surface area (TPSA) is 52.9 Å².